The van der Waals surface area contributed by atoms with Gasteiger partial charge in [-0.05, 0) is 45.6 Å². The second-order valence-electron chi connectivity index (χ2n) is 9.46. The first-order chi connectivity index (χ1) is 15.2. The molecule has 180 valence electrons. The minimum absolute atomic E-state index is 0.122. The number of carbonyl (C=O) groups is 2. The lowest BCUT2D eigenvalue weighted by atomic mass is 9.91. The molecule has 3 N–H and O–H groups in total. The highest BCUT2D eigenvalue weighted by Gasteiger charge is 2.22. The van der Waals surface area contributed by atoms with Crippen LogP contribution in [0.15, 0.2) is 6.07 Å². The molecule has 0 atom stereocenters. The number of aliphatic hydroxyl groups is 1. The van der Waals surface area contributed by atoms with Gasteiger partial charge in [-0.2, -0.15) is 0 Å². The predicted octanol–water partition coefficient (Wildman–Crippen LogP) is 5.07. The summed E-state index contributed by atoms with van der Waals surface area (Å²) in [5.74, 6) is 6.29. The van der Waals surface area contributed by atoms with Crippen LogP contribution in [0.1, 0.15) is 87.2 Å². The third kappa shape index (κ3) is 10.5. The zero-order chi connectivity index (χ0) is 24.1. The number of hydrogen-bond acceptors (Lipinski definition) is 5. The number of piperidine rings is 1. The molecule has 2 heterocycles. The third-order valence-electron chi connectivity index (χ3n) is 5.42. The number of hydrogen-bond donors (Lipinski definition) is 3. The van der Waals surface area contributed by atoms with Gasteiger partial charge in [-0.3, -0.25) is 4.79 Å². The molecule has 1 aromatic rings. The number of carboxylic acids is 1. The van der Waals surface area contributed by atoms with Crippen molar-refractivity contribution in [3.8, 4) is 11.8 Å². The van der Waals surface area contributed by atoms with Crippen LogP contribution in [0.3, 0.4) is 0 Å². The van der Waals surface area contributed by atoms with Crippen molar-refractivity contribution in [3.63, 3.8) is 0 Å². The smallest absolute Gasteiger partial charge is 0.348 e. The lowest BCUT2D eigenvalue weighted by Crippen LogP contribution is -2.38. The average molecular weight is 465 g/mol. The van der Waals surface area contributed by atoms with E-state index >= 15 is 0 Å². The fourth-order valence-electron chi connectivity index (χ4n) is 3.64. The fourth-order valence-corrected chi connectivity index (χ4v) is 4.46. The van der Waals surface area contributed by atoms with E-state index in [4.69, 9.17) is 5.11 Å². The molecule has 1 aromatic heterocycles. The first-order valence-electron chi connectivity index (χ1n) is 11.5. The van der Waals surface area contributed by atoms with E-state index in [0.717, 1.165) is 37.2 Å². The Labute approximate surface area is 197 Å². The molecule has 0 bridgehead atoms. The van der Waals surface area contributed by atoms with Gasteiger partial charge in [0.15, 0.2) is 0 Å². The van der Waals surface area contributed by atoms with Crippen molar-refractivity contribution in [2.75, 3.05) is 25.5 Å². The van der Waals surface area contributed by atoms with Crippen LogP contribution in [0.5, 0.6) is 0 Å². The third-order valence-corrected chi connectivity index (χ3v) is 6.46. The Balaban J connectivity index is 0.000000477. The number of nitrogens with zero attached hydrogens (tertiary/aromatic N) is 1. The summed E-state index contributed by atoms with van der Waals surface area (Å²) in [7, 11) is 1.00. The SMILES string of the molecule is CC(C)(C)C#Cc1cc(NC2CCN(C=O)CC2)c(C(=O)O)s1.CC1CCCCC1.CO. The van der Waals surface area contributed by atoms with Crippen LogP contribution in [0.2, 0.25) is 0 Å². The summed E-state index contributed by atoms with van der Waals surface area (Å²) >= 11 is 1.20. The Morgan fingerprint density at radius 1 is 1.16 bits per heavy atom. The number of nitrogens with one attached hydrogen (secondary N) is 1. The number of anilines is 1. The molecule has 1 aliphatic heterocycles. The van der Waals surface area contributed by atoms with Crippen LogP contribution in [0, 0.1) is 23.2 Å². The summed E-state index contributed by atoms with van der Waals surface area (Å²) in [6, 6.07) is 2.00. The number of likely N-dealkylation sites (tertiary alicyclic amines) is 1. The Morgan fingerprint density at radius 2 is 1.75 bits per heavy atom. The Hall–Kier alpha value is -2.04. The van der Waals surface area contributed by atoms with Crippen LogP contribution in [-0.4, -0.2) is 53.7 Å². The molecule has 32 heavy (non-hydrogen) atoms. The zero-order valence-corrected chi connectivity index (χ0v) is 21.1. The number of rotatable bonds is 4. The zero-order valence-electron chi connectivity index (χ0n) is 20.2. The number of aliphatic hydroxyl groups excluding tert-OH is 1. The van der Waals surface area contributed by atoms with Crippen molar-refractivity contribution in [3.05, 3.63) is 15.8 Å². The second-order valence-corrected chi connectivity index (χ2v) is 10.5. The highest BCUT2D eigenvalue weighted by Crippen LogP contribution is 2.29. The maximum Gasteiger partial charge on any atom is 0.348 e. The van der Waals surface area contributed by atoms with Crippen LogP contribution in [-0.2, 0) is 4.79 Å². The lowest BCUT2D eigenvalue weighted by molar-refractivity contribution is -0.118. The molecule has 1 saturated carbocycles. The van der Waals surface area contributed by atoms with Crippen LogP contribution in [0.25, 0.3) is 0 Å². The summed E-state index contributed by atoms with van der Waals surface area (Å²) < 4.78 is 0. The van der Waals surface area contributed by atoms with E-state index in [0.29, 0.717) is 23.7 Å². The van der Waals surface area contributed by atoms with Gasteiger partial charge in [0.25, 0.3) is 0 Å². The number of amides is 1. The molecular weight excluding hydrogens is 424 g/mol. The lowest BCUT2D eigenvalue weighted by Gasteiger charge is -2.30. The highest BCUT2D eigenvalue weighted by atomic mass is 32.1. The largest absolute Gasteiger partial charge is 0.477 e. The molecule has 0 spiro atoms. The van der Waals surface area contributed by atoms with Crippen molar-refractivity contribution in [2.45, 2.75) is 78.7 Å². The molecule has 1 saturated heterocycles. The van der Waals surface area contributed by atoms with Gasteiger partial charge >= 0.3 is 5.97 Å². The summed E-state index contributed by atoms with van der Waals surface area (Å²) in [6.07, 6.45) is 9.93. The van der Waals surface area contributed by atoms with Crippen LogP contribution < -0.4 is 5.32 Å². The molecule has 0 aromatic carbocycles. The van der Waals surface area contributed by atoms with Gasteiger partial charge in [0, 0.05) is 31.7 Å². The number of carbonyl (C=O) groups excluding carboxylic acids is 1. The van der Waals surface area contributed by atoms with Gasteiger partial charge in [0.2, 0.25) is 6.41 Å². The van der Waals surface area contributed by atoms with E-state index in [2.05, 4.69) is 24.1 Å². The van der Waals surface area contributed by atoms with Crippen LogP contribution in [0.4, 0.5) is 5.69 Å². The second kappa shape index (κ2) is 14.2. The number of thiophene rings is 1. The normalized spacial score (nSPS) is 17.0. The maximum atomic E-state index is 11.4. The molecular formula is C25H40N2O4S. The Bertz CT molecular complexity index is 759. The van der Waals surface area contributed by atoms with Gasteiger partial charge in [-0.15, -0.1) is 11.3 Å². The summed E-state index contributed by atoms with van der Waals surface area (Å²) in [6.45, 7) is 9.82. The molecule has 6 nitrogen and oxygen atoms in total. The maximum absolute atomic E-state index is 11.4. The summed E-state index contributed by atoms with van der Waals surface area (Å²) in [4.78, 5) is 25.0. The van der Waals surface area contributed by atoms with Gasteiger partial charge in [-0.1, -0.05) is 50.9 Å². The molecule has 1 aliphatic carbocycles. The van der Waals surface area contributed by atoms with E-state index < -0.39 is 5.97 Å². The molecule has 1 amide bonds. The predicted molar refractivity (Wildman–Crippen MR) is 132 cm³/mol. The quantitative estimate of drug-likeness (QED) is 0.427. The van der Waals surface area contributed by atoms with Crippen molar-refractivity contribution in [1.82, 2.24) is 4.90 Å². The number of carboxylic acid groups (broad SMARTS) is 1. The van der Waals surface area contributed by atoms with E-state index in [9.17, 15) is 14.7 Å². The molecule has 3 rings (SSSR count). The van der Waals surface area contributed by atoms with E-state index in [1.807, 2.05) is 26.8 Å². The fraction of sp³-hybridized carbons (Fsp3) is 0.680. The highest BCUT2D eigenvalue weighted by molar-refractivity contribution is 7.15. The first kappa shape index (κ1) is 28.0. The molecule has 2 aliphatic rings. The van der Waals surface area contributed by atoms with Gasteiger partial charge in [0.05, 0.1) is 10.6 Å². The monoisotopic (exact) mass is 464 g/mol. The number of aromatic carboxylic acids is 1. The Kier molecular flexibility index (Phi) is 12.4. The standard InChI is InChI=1S/C17H22N2O3S.C7H14.CH4O/c1-17(2,3)7-4-13-10-14(15(23-13)16(21)22)18-12-5-8-19(11-20)9-6-12;1-7-5-3-2-4-6-7;1-2/h10-12,18H,5-6,8-9H2,1-3H3,(H,21,22);7H,2-6H2,1H3;2H,1H3. The molecule has 0 radical (unpaired) electrons. The topological polar surface area (TPSA) is 89.9 Å². The van der Waals surface area contributed by atoms with E-state index in [1.54, 1.807) is 4.90 Å². The summed E-state index contributed by atoms with van der Waals surface area (Å²) in [5, 5.41) is 19.7. The van der Waals surface area contributed by atoms with Crippen molar-refractivity contribution < 1.29 is 19.8 Å². The first-order valence-corrected chi connectivity index (χ1v) is 12.3. The van der Waals surface area contributed by atoms with Crippen LogP contribution >= 0.6 is 11.3 Å². The minimum atomic E-state index is -0.938. The molecule has 2 fully saturated rings. The van der Waals surface area contributed by atoms with Gasteiger partial charge < -0.3 is 20.4 Å². The van der Waals surface area contributed by atoms with E-state index in [1.165, 1.54) is 43.4 Å². The minimum Gasteiger partial charge on any atom is -0.477 e. The van der Waals surface area contributed by atoms with Crippen molar-refractivity contribution in [2.24, 2.45) is 11.3 Å². The van der Waals surface area contributed by atoms with Gasteiger partial charge in [0.1, 0.15) is 4.88 Å². The van der Waals surface area contributed by atoms with Crippen molar-refractivity contribution in [1.29, 1.82) is 0 Å². The molecule has 7 heteroatoms. The summed E-state index contributed by atoms with van der Waals surface area (Å²) in [5.41, 5.74) is 0.507. The molecule has 0 unspecified atom stereocenters. The van der Waals surface area contributed by atoms with Crippen molar-refractivity contribution >= 4 is 29.4 Å². The van der Waals surface area contributed by atoms with E-state index in [-0.39, 0.29) is 11.5 Å². The Morgan fingerprint density at radius 3 is 2.19 bits per heavy atom. The van der Waals surface area contributed by atoms with Gasteiger partial charge in [-0.25, -0.2) is 4.79 Å². The average Bonchev–Trinajstić information content (AvgIpc) is 3.18.